The van der Waals surface area contributed by atoms with Crippen LogP contribution in [0.5, 0.6) is 0 Å². The van der Waals surface area contributed by atoms with Gasteiger partial charge in [0, 0.05) is 44.8 Å². The van der Waals surface area contributed by atoms with Gasteiger partial charge in [-0.1, -0.05) is 6.42 Å². The third-order valence-corrected chi connectivity index (χ3v) is 4.75. The van der Waals surface area contributed by atoms with Gasteiger partial charge in [-0.25, -0.2) is 19.5 Å². The Morgan fingerprint density at radius 2 is 2.12 bits per heavy atom. The minimum atomic E-state index is 0.314. The summed E-state index contributed by atoms with van der Waals surface area (Å²) < 4.78 is 1.84. The van der Waals surface area contributed by atoms with Crippen molar-refractivity contribution < 1.29 is 0 Å². The van der Waals surface area contributed by atoms with Crippen molar-refractivity contribution >= 4 is 11.6 Å². The first-order valence-electron chi connectivity index (χ1n) is 8.74. The molecule has 0 unspecified atom stereocenters. The monoisotopic (exact) mass is 337 g/mol. The van der Waals surface area contributed by atoms with E-state index in [1.54, 1.807) is 0 Å². The number of anilines is 1. The second-order valence-electron chi connectivity index (χ2n) is 6.72. The number of hydrogen-bond donors (Lipinski definition) is 0. The zero-order valence-corrected chi connectivity index (χ0v) is 14.7. The molecule has 1 aliphatic rings. The van der Waals surface area contributed by atoms with E-state index in [-0.39, 0.29) is 0 Å². The third-order valence-electron chi connectivity index (χ3n) is 4.75. The molecule has 25 heavy (non-hydrogen) atoms. The molecule has 7 heteroatoms. The maximum atomic E-state index is 4.77. The van der Waals surface area contributed by atoms with Crippen molar-refractivity contribution in [1.29, 1.82) is 0 Å². The van der Waals surface area contributed by atoms with E-state index >= 15 is 0 Å². The molecule has 1 saturated heterocycles. The molecule has 4 rings (SSSR count). The number of likely N-dealkylation sites (tertiary alicyclic amines) is 1. The average molecular weight is 337 g/mol. The summed E-state index contributed by atoms with van der Waals surface area (Å²) in [5.41, 5.74) is 3.20. The van der Waals surface area contributed by atoms with Crippen LogP contribution in [0.3, 0.4) is 0 Å². The van der Waals surface area contributed by atoms with E-state index in [1.165, 1.54) is 12.8 Å². The lowest BCUT2D eigenvalue weighted by atomic mass is 9.98. The largest absolute Gasteiger partial charge is 0.347 e. The Balaban J connectivity index is 1.62. The number of fused-ring (bicyclic) bond motifs is 1. The first-order valence-corrected chi connectivity index (χ1v) is 8.74. The predicted octanol–water partition coefficient (Wildman–Crippen LogP) is 2.31. The van der Waals surface area contributed by atoms with Crippen molar-refractivity contribution in [2.45, 2.75) is 31.8 Å². The lowest BCUT2D eigenvalue weighted by molar-refractivity contribution is 0.137. The molecule has 3 aromatic heterocycles. The van der Waals surface area contributed by atoms with Crippen LogP contribution in [0.1, 0.15) is 36.6 Å². The van der Waals surface area contributed by atoms with E-state index in [0.29, 0.717) is 6.04 Å². The highest BCUT2D eigenvalue weighted by atomic mass is 15.3. The molecule has 4 heterocycles. The van der Waals surface area contributed by atoms with E-state index < -0.39 is 0 Å². The van der Waals surface area contributed by atoms with Crippen LogP contribution < -0.4 is 4.90 Å². The molecule has 7 nitrogen and oxygen atoms in total. The second-order valence-corrected chi connectivity index (χ2v) is 6.72. The van der Waals surface area contributed by atoms with Gasteiger partial charge in [-0.3, -0.25) is 4.90 Å². The molecule has 0 N–H and O–H groups in total. The van der Waals surface area contributed by atoms with Crippen molar-refractivity contribution in [2.24, 2.45) is 0 Å². The van der Waals surface area contributed by atoms with Gasteiger partial charge in [0.25, 0.3) is 0 Å². The molecule has 0 bridgehead atoms. The molecule has 130 valence electrons. The molecule has 0 amide bonds. The SMILES string of the molecule is CN(C)c1nccc([C@@H]2CCCCN2Cc2cnn3cccnc23)n1. The quantitative estimate of drug-likeness (QED) is 0.728. The predicted molar refractivity (Wildman–Crippen MR) is 96.3 cm³/mol. The Hall–Kier alpha value is -2.54. The minimum Gasteiger partial charge on any atom is -0.347 e. The fourth-order valence-corrected chi connectivity index (χ4v) is 3.48. The molecular weight excluding hydrogens is 314 g/mol. The summed E-state index contributed by atoms with van der Waals surface area (Å²) in [5.74, 6) is 0.765. The van der Waals surface area contributed by atoms with Crippen LogP contribution in [-0.4, -0.2) is 50.1 Å². The van der Waals surface area contributed by atoms with Crippen LogP contribution in [0.15, 0.2) is 36.9 Å². The highest BCUT2D eigenvalue weighted by Crippen LogP contribution is 2.31. The summed E-state index contributed by atoms with van der Waals surface area (Å²) in [6, 6.07) is 4.26. The van der Waals surface area contributed by atoms with Crippen LogP contribution in [0, 0.1) is 0 Å². The highest BCUT2D eigenvalue weighted by molar-refractivity contribution is 5.45. The lowest BCUT2D eigenvalue weighted by Gasteiger charge is -2.35. The smallest absolute Gasteiger partial charge is 0.225 e. The van der Waals surface area contributed by atoms with E-state index in [2.05, 4.69) is 20.0 Å². The minimum absolute atomic E-state index is 0.314. The van der Waals surface area contributed by atoms with Crippen LogP contribution in [0.25, 0.3) is 5.65 Å². The van der Waals surface area contributed by atoms with E-state index in [9.17, 15) is 0 Å². The van der Waals surface area contributed by atoms with Gasteiger partial charge in [0.2, 0.25) is 5.95 Å². The second kappa shape index (κ2) is 6.76. The molecule has 0 aromatic carbocycles. The van der Waals surface area contributed by atoms with Gasteiger partial charge in [-0.05, 0) is 31.5 Å². The summed E-state index contributed by atoms with van der Waals surface area (Å²) in [6.45, 7) is 1.91. The maximum absolute atomic E-state index is 4.77. The lowest BCUT2D eigenvalue weighted by Crippen LogP contribution is -2.33. The van der Waals surface area contributed by atoms with Gasteiger partial charge in [0.15, 0.2) is 5.65 Å². The number of rotatable bonds is 4. The number of aromatic nitrogens is 5. The number of nitrogens with zero attached hydrogens (tertiary/aromatic N) is 7. The van der Waals surface area contributed by atoms with Crippen LogP contribution in [0.2, 0.25) is 0 Å². The van der Waals surface area contributed by atoms with Crippen molar-refractivity contribution in [3.63, 3.8) is 0 Å². The normalized spacial score (nSPS) is 18.6. The van der Waals surface area contributed by atoms with Gasteiger partial charge in [0.1, 0.15) is 0 Å². The molecular formula is C18H23N7. The molecule has 1 aliphatic heterocycles. The van der Waals surface area contributed by atoms with E-state index in [4.69, 9.17) is 4.98 Å². The topological polar surface area (TPSA) is 62.5 Å². The van der Waals surface area contributed by atoms with E-state index in [0.717, 1.165) is 42.4 Å². The Kier molecular flexibility index (Phi) is 4.31. The van der Waals surface area contributed by atoms with Crippen molar-refractivity contribution in [3.8, 4) is 0 Å². The maximum Gasteiger partial charge on any atom is 0.225 e. The van der Waals surface area contributed by atoms with Crippen LogP contribution in [0.4, 0.5) is 5.95 Å². The summed E-state index contributed by atoms with van der Waals surface area (Å²) >= 11 is 0. The first kappa shape index (κ1) is 16.0. The molecule has 0 spiro atoms. The molecule has 0 aliphatic carbocycles. The van der Waals surface area contributed by atoms with Gasteiger partial charge < -0.3 is 4.90 Å². The average Bonchev–Trinajstić information content (AvgIpc) is 3.05. The van der Waals surface area contributed by atoms with Gasteiger partial charge in [0.05, 0.1) is 17.9 Å². The highest BCUT2D eigenvalue weighted by Gasteiger charge is 2.26. The van der Waals surface area contributed by atoms with Crippen LogP contribution >= 0.6 is 0 Å². The van der Waals surface area contributed by atoms with Gasteiger partial charge in [-0.15, -0.1) is 0 Å². The van der Waals surface area contributed by atoms with Crippen molar-refractivity contribution in [3.05, 3.63) is 48.2 Å². The molecule has 3 aromatic rings. The molecule has 0 saturated carbocycles. The Bertz CT molecular complexity index is 857. The van der Waals surface area contributed by atoms with Crippen LogP contribution in [-0.2, 0) is 6.54 Å². The first-order chi connectivity index (χ1) is 12.2. The summed E-state index contributed by atoms with van der Waals surface area (Å²) in [7, 11) is 3.95. The van der Waals surface area contributed by atoms with E-state index in [1.807, 2.05) is 60.4 Å². The summed E-state index contributed by atoms with van der Waals surface area (Å²) in [5, 5.41) is 4.41. The Morgan fingerprint density at radius 1 is 1.20 bits per heavy atom. The standard InChI is InChI=1S/C18H23N7/c1-23(2)18-20-9-7-15(22-18)16-6-3-4-10-24(16)13-14-12-21-25-11-5-8-19-17(14)25/h5,7-9,11-12,16H,3-4,6,10,13H2,1-2H3/t16-/m0/s1. The number of hydrogen-bond acceptors (Lipinski definition) is 6. The summed E-state index contributed by atoms with van der Waals surface area (Å²) in [4.78, 5) is 18.1. The van der Waals surface area contributed by atoms with Gasteiger partial charge >= 0.3 is 0 Å². The van der Waals surface area contributed by atoms with Gasteiger partial charge in [-0.2, -0.15) is 5.10 Å². The van der Waals surface area contributed by atoms with Crippen molar-refractivity contribution in [1.82, 2.24) is 29.5 Å². The fourth-order valence-electron chi connectivity index (χ4n) is 3.48. The Morgan fingerprint density at radius 3 is 3.00 bits per heavy atom. The van der Waals surface area contributed by atoms with Crippen molar-refractivity contribution in [2.75, 3.05) is 25.5 Å². The fraction of sp³-hybridized carbons (Fsp3) is 0.444. The zero-order chi connectivity index (χ0) is 17.2. The molecule has 0 radical (unpaired) electrons. The third kappa shape index (κ3) is 3.19. The summed E-state index contributed by atoms with van der Waals surface area (Å²) in [6.07, 6.45) is 11.1. The zero-order valence-electron chi connectivity index (χ0n) is 14.7. The molecule has 1 fully saturated rings. The molecule has 1 atom stereocenters. The number of piperidine rings is 1. The Labute approximate surface area is 147 Å².